The third-order valence-electron chi connectivity index (χ3n) is 2.08. The Morgan fingerprint density at radius 2 is 1.12 bits per heavy atom. The van der Waals surface area contributed by atoms with E-state index in [1.807, 2.05) is 33.5 Å². The molecule has 0 rings (SSSR count). The van der Waals surface area contributed by atoms with Gasteiger partial charge in [0, 0.05) is 0 Å². The number of carbonyl (C=O) groups is 2. The molecule has 0 aromatic rings. The van der Waals surface area contributed by atoms with Crippen molar-refractivity contribution < 1.29 is 57.9 Å². The van der Waals surface area contributed by atoms with Gasteiger partial charge in [-0.2, -0.15) is 0 Å². The summed E-state index contributed by atoms with van der Waals surface area (Å²) in [6.45, 7) is 9.17. The fourth-order valence-corrected chi connectivity index (χ4v) is 5.13. The Labute approximate surface area is 128 Å². The van der Waals surface area contributed by atoms with Crippen LogP contribution < -0.4 is 24.8 Å². The van der Waals surface area contributed by atoms with Gasteiger partial charge in [-0.3, -0.25) is 0 Å². The summed E-state index contributed by atoms with van der Waals surface area (Å²) in [4.78, 5) is 23.1. The van der Waals surface area contributed by atoms with Crippen LogP contribution in [0.2, 0.25) is 0 Å². The number of nitrogens with zero attached hydrogens (tertiary/aromatic N) is 2. The first-order chi connectivity index (χ1) is 7.10. The standard InChI is InChI=1S/2C5H11NO.2ClH.Hf/c2*1-3-5(7)6-4-2;;;/h2*3-4H2,1-2H3,(H,6,7);2*1H;/q;;;;+4/p-4. The molecule has 4 nitrogen and oxygen atoms in total. The SMILES string of the molecule is CCC(=O)[N](CC)[Hf+2][N](CC)C(=O)CC.[Cl-].[Cl-]. The van der Waals surface area contributed by atoms with Crippen molar-refractivity contribution in [3.8, 4) is 0 Å². The first-order valence-corrected chi connectivity index (χ1v) is 8.68. The Kier molecular flexibility index (Phi) is 17.0. The van der Waals surface area contributed by atoms with Gasteiger partial charge in [-0.15, -0.1) is 0 Å². The average molecular weight is 450 g/mol. The summed E-state index contributed by atoms with van der Waals surface area (Å²) < 4.78 is 3.80. The van der Waals surface area contributed by atoms with E-state index in [9.17, 15) is 9.59 Å². The normalized spacial score (nSPS) is 8.24. The average Bonchev–Trinajstić information content (AvgIpc) is 2.28. The van der Waals surface area contributed by atoms with Crippen molar-refractivity contribution in [2.45, 2.75) is 40.5 Å². The Bertz CT molecular complexity index is 208. The Morgan fingerprint density at radius 1 is 0.824 bits per heavy atom. The third-order valence-corrected chi connectivity index (χ3v) is 7.88. The zero-order chi connectivity index (χ0) is 11.8. The second-order valence-electron chi connectivity index (χ2n) is 3.08. The van der Waals surface area contributed by atoms with Crippen LogP contribution in [-0.4, -0.2) is 30.7 Å². The van der Waals surface area contributed by atoms with Crippen LogP contribution in [0, 0.1) is 0 Å². The molecule has 7 heteroatoms. The Morgan fingerprint density at radius 3 is 1.29 bits per heavy atom. The van der Waals surface area contributed by atoms with Crippen LogP contribution in [0.4, 0.5) is 0 Å². The number of carbonyl (C=O) groups excluding carboxylic acids is 2. The van der Waals surface area contributed by atoms with Crippen molar-refractivity contribution in [3.05, 3.63) is 0 Å². The van der Waals surface area contributed by atoms with Crippen LogP contribution in [0.3, 0.4) is 0 Å². The van der Waals surface area contributed by atoms with E-state index in [1.54, 1.807) is 0 Å². The van der Waals surface area contributed by atoms with Crippen molar-refractivity contribution in [3.63, 3.8) is 0 Å². The topological polar surface area (TPSA) is 40.6 Å². The van der Waals surface area contributed by atoms with Crippen molar-refractivity contribution in [2.75, 3.05) is 13.1 Å². The van der Waals surface area contributed by atoms with Crippen LogP contribution in [0.5, 0.6) is 0 Å². The van der Waals surface area contributed by atoms with Gasteiger partial charge in [-0.25, -0.2) is 0 Å². The fourth-order valence-electron chi connectivity index (χ4n) is 1.13. The smallest absolute Gasteiger partial charge is 1.00 e. The zero-order valence-electron chi connectivity index (χ0n) is 10.8. The number of halogens is 2. The molecule has 0 bridgehead atoms. The largest absolute Gasteiger partial charge is 1.00 e. The quantitative estimate of drug-likeness (QED) is 0.383. The van der Waals surface area contributed by atoms with E-state index in [4.69, 9.17) is 0 Å². The Balaban J connectivity index is -0.000000980. The number of hydrogen-bond donors (Lipinski definition) is 0. The number of hydrogen-bond acceptors (Lipinski definition) is 2. The molecule has 0 radical (unpaired) electrons. The molecule has 0 atom stereocenters. The second kappa shape index (κ2) is 12.8. The van der Waals surface area contributed by atoms with Crippen molar-refractivity contribution in [2.24, 2.45) is 0 Å². The van der Waals surface area contributed by atoms with E-state index in [1.165, 1.54) is 0 Å². The summed E-state index contributed by atoms with van der Waals surface area (Å²) in [5.41, 5.74) is 0. The van der Waals surface area contributed by atoms with Crippen LogP contribution >= 0.6 is 0 Å². The van der Waals surface area contributed by atoms with E-state index >= 15 is 0 Å². The second-order valence-corrected chi connectivity index (χ2v) is 7.68. The molecule has 0 heterocycles. The van der Waals surface area contributed by atoms with Gasteiger partial charge in [-0.1, -0.05) is 0 Å². The molecule has 2 amide bonds. The van der Waals surface area contributed by atoms with Gasteiger partial charge in [0.05, 0.1) is 0 Å². The molecule has 0 N–H and O–H groups in total. The summed E-state index contributed by atoms with van der Waals surface area (Å²) in [6, 6.07) is 0. The van der Waals surface area contributed by atoms with Gasteiger partial charge in [-0.05, 0) is 0 Å². The molecule has 0 spiro atoms. The fraction of sp³-hybridized carbons (Fsp3) is 0.800. The maximum atomic E-state index is 11.5. The van der Waals surface area contributed by atoms with E-state index in [2.05, 4.69) is 0 Å². The molecule has 0 aliphatic carbocycles. The van der Waals surface area contributed by atoms with Crippen LogP contribution in [0.25, 0.3) is 0 Å². The van der Waals surface area contributed by atoms with E-state index < -0.39 is 23.5 Å². The summed E-state index contributed by atoms with van der Waals surface area (Å²) >= 11 is -1.44. The minimum absolute atomic E-state index is 0. The monoisotopic (exact) mass is 450 g/mol. The van der Waals surface area contributed by atoms with Crippen molar-refractivity contribution >= 4 is 11.8 Å². The zero-order valence-corrected chi connectivity index (χ0v) is 15.9. The van der Waals surface area contributed by atoms with Crippen LogP contribution in [-0.2, 0) is 33.1 Å². The van der Waals surface area contributed by atoms with Gasteiger partial charge in [0.1, 0.15) is 0 Å². The molecule has 0 aromatic heterocycles. The molecule has 0 aromatic carbocycles. The Hall–Kier alpha value is 0.390. The van der Waals surface area contributed by atoms with Gasteiger partial charge >= 0.3 is 104 Å². The summed E-state index contributed by atoms with van der Waals surface area (Å²) in [6.07, 6.45) is 1.08. The molecular weight excluding hydrogens is 430 g/mol. The molecule has 0 saturated carbocycles. The van der Waals surface area contributed by atoms with Gasteiger partial charge < -0.3 is 24.8 Å². The van der Waals surface area contributed by atoms with Gasteiger partial charge in [0.2, 0.25) is 0 Å². The minimum Gasteiger partial charge on any atom is -1.00 e. The van der Waals surface area contributed by atoms with Gasteiger partial charge in [0.25, 0.3) is 0 Å². The molecule has 0 unspecified atom stereocenters. The van der Waals surface area contributed by atoms with E-state index in [0.717, 1.165) is 13.1 Å². The first-order valence-electron chi connectivity index (χ1n) is 5.47. The molecule has 0 aliphatic rings. The minimum atomic E-state index is -1.44. The predicted octanol–water partition coefficient (Wildman–Crippen LogP) is -4.58. The third kappa shape index (κ3) is 8.16. The molecule has 17 heavy (non-hydrogen) atoms. The van der Waals surface area contributed by atoms with E-state index in [0.29, 0.717) is 12.8 Å². The summed E-state index contributed by atoms with van der Waals surface area (Å²) in [5.74, 6) is 0.367. The number of amides is 2. The van der Waals surface area contributed by atoms with Gasteiger partial charge in [0.15, 0.2) is 0 Å². The molecular formula is C10H20Cl2HfN2O2. The van der Waals surface area contributed by atoms with Crippen LogP contribution in [0.1, 0.15) is 40.5 Å². The summed E-state index contributed by atoms with van der Waals surface area (Å²) in [7, 11) is 0. The van der Waals surface area contributed by atoms with Crippen molar-refractivity contribution in [1.82, 2.24) is 5.78 Å². The summed E-state index contributed by atoms with van der Waals surface area (Å²) in [5, 5.41) is 0. The molecule has 0 fully saturated rings. The number of rotatable bonds is 6. The van der Waals surface area contributed by atoms with Crippen molar-refractivity contribution in [1.29, 1.82) is 0 Å². The maximum Gasteiger partial charge on any atom is -1.00 e. The maximum absolute atomic E-state index is 11.5. The first kappa shape index (κ1) is 22.6. The molecule has 100 valence electrons. The molecule has 0 aliphatic heterocycles. The molecule has 0 saturated heterocycles. The predicted molar refractivity (Wildman–Crippen MR) is 55.4 cm³/mol. The van der Waals surface area contributed by atoms with E-state index in [-0.39, 0.29) is 36.6 Å². The van der Waals surface area contributed by atoms with Crippen LogP contribution in [0.15, 0.2) is 0 Å².